The molecule has 0 spiro atoms. The Balaban J connectivity index is 1.02. The molecule has 0 saturated heterocycles. The van der Waals surface area contributed by atoms with Crippen LogP contribution in [-0.2, 0) is 19.3 Å². The lowest BCUT2D eigenvalue weighted by Gasteiger charge is -2.30. The number of anilines is 6. The molecule has 0 atom stereocenters. The van der Waals surface area contributed by atoms with Gasteiger partial charge in [0.1, 0.15) is 11.3 Å². The first-order valence-corrected chi connectivity index (χ1v) is 26.6. The maximum Gasteiger partial charge on any atom is 0.159 e. The molecule has 0 saturated carbocycles. The van der Waals surface area contributed by atoms with Gasteiger partial charge in [-0.05, 0) is 140 Å². The van der Waals surface area contributed by atoms with E-state index < -0.39 is 0 Å². The van der Waals surface area contributed by atoms with E-state index in [4.69, 9.17) is 4.42 Å². The van der Waals surface area contributed by atoms with Crippen LogP contribution >= 0.6 is 0 Å². The Labute approximate surface area is 444 Å². The maximum atomic E-state index is 12.7. The third-order valence-electron chi connectivity index (χ3n) is 15.7. The zero-order chi connectivity index (χ0) is 51.4. The zero-order valence-corrected chi connectivity index (χ0v) is 43.0. The van der Waals surface area contributed by atoms with E-state index in [1.807, 2.05) is 18.2 Å². The SMILES string of the molecule is C=Cc1ccc(N(c2ccc3ccc4c(N(c5ccc(CC)cc5)c5cccc(-c6cccc(-c7ccccc7CC)c6)c5O)ccc5ccc2c3c54)c2cccc3c2oc2c(-c4ccccc4CC)cccc23)cc1. The molecule has 0 aliphatic rings. The number of hydrogen-bond donors (Lipinski definition) is 1. The van der Waals surface area contributed by atoms with Crippen molar-refractivity contribution in [3.63, 3.8) is 0 Å². The van der Waals surface area contributed by atoms with Crippen molar-refractivity contribution in [1.82, 2.24) is 0 Å². The van der Waals surface area contributed by atoms with Crippen molar-refractivity contribution < 1.29 is 9.52 Å². The van der Waals surface area contributed by atoms with Gasteiger partial charge in [0.2, 0.25) is 0 Å². The number of furan rings is 1. The maximum absolute atomic E-state index is 12.7. The minimum Gasteiger partial charge on any atom is -0.505 e. The van der Waals surface area contributed by atoms with Gasteiger partial charge in [-0.3, -0.25) is 0 Å². The summed E-state index contributed by atoms with van der Waals surface area (Å²) in [6, 6.07) is 80.4. The first-order chi connectivity index (χ1) is 37.4. The Morgan fingerprint density at radius 1 is 0.408 bits per heavy atom. The largest absolute Gasteiger partial charge is 0.505 e. The summed E-state index contributed by atoms with van der Waals surface area (Å²) in [7, 11) is 0. The van der Waals surface area contributed by atoms with Gasteiger partial charge in [-0.15, -0.1) is 0 Å². The van der Waals surface area contributed by atoms with Crippen LogP contribution in [0.4, 0.5) is 34.1 Å². The number of fused-ring (bicyclic) bond motifs is 3. The number of para-hydroxylation sites is 3. The number of phenols is 1. The van der Waals surface area contributed by atoms with Crippen LogP contribution in [0.15, 0.2) is 235 Å². The summed E-state index contributed by atoms with van der Waals surface area (Å²) >= 11 is 0. The third-order valence-corrected chi connectivity index (χ3v) is 15.7. The van der Waals surface area contributed by atoms with Crippen LogP contribution in [0, 0.1) is 0 Å². The topological polar surface area (TPSA) is 39.9 Å². The van der Waals surface area contributed by atoms with Gasteiger partial charge in [0.05, 0.1) is 22.7 Å². The molecule has 366 valence electrons. The van der Waals surface area contributed by atoms with E-state index >= 15 is 0 Å². The van der Waals surface area contributed by atoms with Gasteiger partial charge in [-0.25, -0.2) is 0 Å². The number of aromatic hydroxyl groups is 1. The van der Waals surface area contributed by atoms with Crippen LogP contribution < -0.4 is 9.80 Å². The molecule has 0 aliphatic carbocycles. The summed E-state index contributed by atoms with van der Waals surface area (Å²) in [5.41, 5.74) is 18.5. The molecule has 12 aromatic carbocycles. The van der Waals surface area contributed by atoms with Crippen LogP contribution in [0.3, 0.4) is 0 Å². The Morgan fingerprint density at radius 3 is 1.55 bits per heavy atom. The fourth-order valence-corrected chi connectivity index (χ4v) is 11.8. The molecule has 1 heterocycles. The Morgan fingerprint density at radius 2 is 0.908 bits per heavy atom. The highest BCUT2D eigenvalue weighted by Crippen LogP contribution is 2.52. The second kappa shape index (κ2) is 19.1. The molecule has 0 unspecified atom stereocenters. The molecule has 4 nitrogen and oxygen atoms in total. The van der Waals surface area contributed by atoms with Crippen LogP contribution in [0.2, 0.25) is 0 Å². The Bertz CT molecular complexity index is 4340. The van der Waals surface area contributed by atoms with Crippen LogP contribution in [0.1, 0.15) is 43.0 Å². The monoisotopic (exact) mass is 980 g/mol. The van der Waals surface area contributed by atoms with E-state index in [1.165, 1.54) is 33.2 Å². The van der Waals surface area contributed by atoms with Crippen molar-refractivity contribution in [2.45, 2.75) is 40.0 Å². The minimum absolute atomic E-state index is 0.218. The van der Waals surface area contributed by atoms with Crippen molar-refractivity contribution in [3.05, 3.63) is 253 Å². The van der Waals surface area contributed by atoms with Crippen LogP contribution in [0.25, 0.3) is 93.7 Å². The molecule has 0 bridgehead atoms. The molecule has 13 aromatic rings. The summed E-state index contributed by atoms with van der Waals surface area (Å²) in [6.45, 7) is 10.7. The Hall–Kier alpha value is -9.38. The molecule has 0 amide bonds. The summed E-state index contributed by atoms with van der Waals surface area (Å²) < 4.78 is 7.20. The molecule has 0 aliphatic heterocycles. The molecule has 76 heavy (non-hydrogen) atoms. The lowest BCUT2D eigenvalue weighted by molar-refractivity contribution is 0.478. The van der Waals surface area contributed by atoms with E-state index in [-0.39, 0.29) is 5.75 Å². The standard InChI is InChI=1S/C72H56N2O2/c1-5-46-29-37-54(38-30-46)73(66-27-15-23-58(70(66)75)53-20-13-19-52(45-53)56-21-11-9-17-48(56)7-3)64-43-35-50-34-42-63-65(44-36-51-33-41-62(64)68(50)69(51)63)74(55-39-31-47(6-2)32-40-55)67-28-16-26-61-60-25-14-24-59(71(60)76-72(61)67)57-22-12-10-18-49(57)8-4/h6,9-45,75H,2,5,7-8H2,1,3-4H3. The van der Waals surface area contributed by atoms with Gasteiger partial charge in [-0.1, -0.05) is 203 Å². The molecular formula is C72H56N2O2. The summed E-state index contributed by atoms with van der Waals surface area (Å²) in [5, 5.41) is 21.7. The summed E-state index contributed by atoms with van der Waals surface area (Å²) in [4.78, 5) is 4.61. The summed E-state index contributed by atoms with van der Waals surface area (Å²) in [5.74, 6) is 0.218. The van der Waals surface area contributed by atoms with Crippen molar-refractivity contribution in [3.8, 4) is 39.1 Å². The first kappa shape index (κ1) is 46.4. The van der Waals surface area contributed by atoms with Gasteiger partial charge in [0, 0.05) is 44.0 Å². The molecule has 0 radical (unpaired) electrons. The number of hydrogen-bond acceptors (Lipinski definition) is 4. The highest BCUT2D eigenvalue weighted by Gasteiger charge is 2.26. The molecule has 0 fully saturated rings. The number of nitrogens with zero attached hydrogens (tertiary/aromatic N) is 2. The summed E-state index contributed by atoms with van der Waals surface area (Å²) in [6.07, 6.45) is 4.67. The third kappa shape index (κ3) is 7.67. The smallest absolute Gasteiger partial charge is 0.159 e. The molecule has 1 aromatic heterocycles. The average molecular weight is 981 g/mol. The minimum atomic E-state index is 0.218. The normalized spacial score (nSPS) is 11.6. The predicted molar refractivity (Wildman–Crippen MR) is 323 cm³/mol. The second-order valence-electron chi connectivity index (χ2n) is 19.8. The second-order valence-corrected chi connectivity index (χ2v) is 19.8. The van der Waals surface area contributed by atoms with E-state index in [0.717, 1.165) is 124 Å². The number of benzene rings is 12. The average Bonchev–Trinajstić information content (AvgIpc) is 3.92. The van der Waals surface area contributed by atoms with Crippen molar-refractivity contribution in [2.75, 3.05) is 9.80 Å². The highest BCUT2D eigenvalue weighted by atomic mass is 16.3. The molecule has 4 heteroatoms. The number of phenolic OH excluding ortho intramolecular Hbond substituents is 1. The lowest BCUT2D eigenvalue weighted by atomic mass is 9.91. The number of aryl methyl sites for hydroxylation is 3. The first-order valence-electron chi connectivity index (χ1n) is 26.6. The van der Waals surface area contributed by atoms with Crippen molar-refractivity contribution >= 4 is 94.5 Å². The quantitative estimate of drug-likeness (QED) is 0.117. The van der Waals surface area contributed by atoms with Crippen LogP contribution in [0.5, 0.6) is 5.75 Å². The molecule has 13 rings (SSSR count). The van der Waals surface area contributed by atoms with Gasteiger partial charge in [0.15, 0.2) is 5.58 Å². The van der Waals surface area contributed by atoms with E-state index in [2.05, 4.69) is 249 Å². The highest BCUT2D eigenvalue weighted by molar-refractivity contribution is 6.28. The van der Waals surface area contributed by atoms with Crippen molar-refractivity contribution in [1.29, 1.82) is 0 Å². The molecule has 1 N–H and O–H groups in total. The zero-order valence-electron chi connectivity index (χ0n) is 43.0. The fourth-order valence-electron chi connectivity index (χ4n) is 11.8. The van der Waals surface area contributed by atoms with E-state index in [0.29, 0.717) is 5.69 Å². The van der Waals surface area contributed by atoms with E-state index in [9.17, 15) is 5.11 Å². The number of rotatable bonds is 13. The van der Waals surface area contributed by atoms with Crippen LogP contribution in [-0.4, -0.2) is 5.11 Å². The van der Waals surface area contributed by atoms with E-state index in [1.54, 1.807) is 0 Å². The van der Waals surface area contributed by atoms with Crippen molar-refractivity contribution in [2.24, 2.45) is 0 Å². The lowest BCUT2D eigenvalue weighted by Crippen LogP contribution is -2.12. The van der Waals surface area contributed by atoms with Gasteiger partial charge < -0.3 is 19.3 Å². The Kier molecular flexibility index (Phi) is 11.7. The predicted octanol–water partition coefficient (Wildman–Crippen LogP) is 20.5. The van der Waals surface area contributed by atoms with Gasteiger partial charge >= 0.3 is 0 Å². The van der Waals surface area contributed by atoms with Gasteiger partial charge in [-0.2, -0.15) is 0 Å². The van der Waals surface area contributed by atoms with Gasteiger partial charge in [0.25, 0.3) is 0 Å². The fraction of sp³-hybridized carbons (Fsp3) is 0.0833. The molecular weight excluding hydrogens is 925 g/mol.